The van der Waals surface area contributed by atoms with Gasteiger partial charge in [-0.1, -0.05) is 0 Å². The monoisotopic (exact) mass is 243 g/mol. The van der Waals surface area contributed by atoms with Gasteiger partial charge in [-0.2, -0.15) is 0 Å². The summed E-state index contributed by atoms with van der Waals surface area (Å²) in [6.45, 7) is 8.36. The zero-order chi connectivity index (χ0) is 13.4. The van der Waals surface area contributed by atoms with Gasteiger partial charge in [0.15, 0.2) is 0 Å². The highest BCUT2D eigenvalue weighted by molar-refractivity contribution is 5.80. The molecule has 4 nitrogen and oxygen atoms in total. The van der Waals surface area contributed by atoms with Gasteiger partial charge in [0.05, 0.1) is 6.04 Å². The summed E-state index contributed by atoms with van der Waals surface area (Å²) in [5, 5.41) is 3.26. The first-order chi connectivity index (χ1) is 7.86. The lowest BCUT2D eigenvalue weighted by atomic mass is 10.2. The summed E-state index contributed by atoms with van der Waals surface area (Å²) in [4.78, 5) is 15.5. The maximum absolute atomic E-state index is 11.6. The fourth-order valence-corrected chi connectivity index (χ4v) is 1.54. The quantitative estimate of drug-likeness (QED) is 0.650. The smallest absolute Gasteiger partial charge is 0.238 e. The molecule has 0 aromatic heterocycles. The zero-order valence-corrected chi connectivity index (χ0v) is 12.3. The Labute approximate surface area is 106 Å². The van der Waals surface area contributed by atoms with Gasteiger partial charge in [-0.3, -0.25) is 4.79 Å². The first-order valence-corrected chi connectivity index (χ1v) is 6.51. The minimum Gasteiger partial charge on any atom is -0.347 e. The third-order valence-electron chi connectivity index (χ3n) is 3.08. The van der Waals surface area contributed by atoms with Crippen LogP contribution in [0.3, 0.4) is 0 Å². The number of hydrogen-bond acceptors (Lipinski definition) is 3. The van der Waals surface area contributed by atoms with Gasteiger partial charge >= 0.3 is 0 Å². The second kappa shape index (κ2) is 8.48. The summed E-state index contributed by atoms with van der Waals surface area (Å²) in [6.07, 6.45) is 2.28. The fraction of sp³-hybridized carbons (Fsp3) is 0.923. The zero-order valence-electron chi connectivity index (χ0n) is 12.3. The predicted octanol–water partition coefficient (Wildman–Crippen LogP) is 1.17. The molecule has 0 fully saturated rings. The van der Waals surface area contributed by atoms with E-state index < -0.39 is 0 Å². The molecule has 1 amide bonds. The number of nitrogens with one attached hydrogen (secondary N) is 1. The maximum Gasteiger partial charge on any atom is 0.238 e. The summed E-state index contributed by atoms with van der Waals surface area (Å²) in [5.74, 6) is 0.143. The lowest BCUT2D eigenvalue weighted by Crippen LogP contribution is -2.41. The number of unbranched alkanes of at least 4 members (excludes halogenated alkanes) is 1. The molecule has 0 aliphatic carbocycles. The molecule has 0 rings (SSSR count). The summed E-state index contributed by atoms with van der Waals surface area (Å²) in [7, 11) is 5.73. The average Bonchev–Trinajstić information content (AvgIpc) is 2.26. The van der Waals surface area contributed by atoms with Crippen molar-refractivity contribution in [3.8, 4) is 0 Å². The Kier molecular flexibility index (Phi) is 8.17. The third-order valence-corrected chi connectivity index (χ3v) is 3.08. The van der Waals surface area contributed by atoms with E-state index in [4.69, 9.17) is 0 Å². The van der Waals surface area contributed by atoms with Crippen LogP contribution in [-0.2, 0) is 4.79 Å². The number of carbonyl (C=O) groups excluding carboxylic acids is 1. The van der Waals surface area contributed by atoms with Crippen molar-refractivity contribution in [1.82, 2.24) is 15.1 Å². The van der Waals surface area contributed by atoms with Crippen LogP contribution >= 0.6 is 0 Å². The van der Waals surface area contributed by atoms with Crippen molar-refractivity contribution in [2.24, 2.45) is 0 Å². The lowest BCUT2D eigenvalue weighted by molar-refractivity contribution is -0.130. The number of likely N-dealkylation sites (N-methyl/N-ethyl adjacent to an activating group) is 1. The molecule has 102 valence electrons. The van der Waals surface area contributed by atoms with E-state index in [1.54, 1.807) is 19.0 Å². The van der Waals surface area contributed by atoms with E-state index in [9.17, 15) is 4.79 Å². The van der Waals surface area contributed by atoms with Gasteiger partial charge in [-0.05, 0) is 53.8 Å². The molecule has 1 atom stereocenters. The minimum atomic E-state index is -0.0761. The maximum atomic E-state index is 11.6. The first kappa shape index (κ1) is 16.4. The lowest BCUT2D eigenvalue weighted by Gasteiger charge is -2.21. The van der Waals surface area contributed by atoms with Crippen LogP contribution in [-0.4, -0.2) is 62.0 Å². The van der Waals surface area contributed by atoms with Crippen LogP contribution in [0, 0.1) is 0 Å². The molecule has 0 radical (unpaired) electrons. The van der Waals surface area contributed by atoms with Gasteiger partial charge in [0.1, 0.15) is 0 Å². The molecule has 0 bridgehead atoms. The Morgan fingerprint density at radius 2 is 1.71 bits per heavy atom. The van der Waals surface area contributed by atoms with Crippen LogP contribution in [0.2, 0.25) is 0 Å². The number of carbonyl (C=O) groups is 1. The van der Waals surface area contributed by atoms with Gasteiger partial charge in [0, 0.05) is 20.1 Å². The van der Waals surface area contributed by atoms with Crippen molar-refractivity contribution in [2.75, 3.05) is 34.2 Å². The predicted molar refractivity (Wildman–Crippen MR) is 73.2 cm³/mol. The van der Waals surface area contributed by atoms with Gasteiger partial charge in [-0.25, -0.2) is 0 Å². The van der Waals surface area contributed by atoms with Gasteiger partial charge in [-0.15, -0.1) is 0 Å². The topological polar surface area (TPSA) is 35.6 Å². The highest BCUT2D eigenvalue weighted by atomic mass is 16.2. The van der Waals surface area contributed by atoms with Crippen LogP contribution < -0.4 is 5.32 Å². The molecule has 0 aromatic rings. The average molecular weight is 243 g/mol. The van der Waals surface area contributed by atoms with Crippen LogP contribution in [0.4, 0.5) is 0 Å². The van der Waals surface area contributed by atoms with Gasteiger partial charge < -0.3 is 15.1 Å². The van der Waals surface area contributed by atoms with E-state index in [1.807, 2.05) is 6.92 Å². The molecule has 0 heterocycles. The largest absolute Gasteiger partial charge is 0.347 e. The molecule has 0 aliphatic rings. The van der Waals surface area contributed by atoms with Gasteiger partial charge in [0.25, 0.3) is 0 Å². The highest BCUT2D eigenvalue weighted by Gasteiger charge is 2.13. The molecule has 0 saturated heterocycles. The van der Waals surface area contributed by atoms with Crippen LogP contribution in [0.1, 0.15) is 33.6 Å². The molecule has 1 N–H and O–H groups in total. The van der Waals surface area contributed by atoms with Crippen LogP contribution in [0.25, 0.3) is 0 Å². The van der Waals surface area contributed by atoms with Gasteiger partial charge in [0.2, 0.25) is 5.91 Å². The van der Waals surface area contributed by atoms with Crippen LogP contribution in [0.5, 0.6) is 0 Å². The van der Waals surface area contributed by atoms with E-state index >= 15 is 0 Å². The molecule has 17 heavy (non-hydrogen) atoms. The number of amides is 1. The summed E-state index contributed by atoms with van der Waals surface area (Å²) < 4.78 is 0. The van der Waals surface area contributed by atoms with Crippen molar-refractivity contribution < 1.29 is 4.79 Å². The molecule has 0 spiro atoms. The SMILES string of the molecule is CC(NCCCCN(C)C(C)C)C(=O)N(C)C. The van der Waals surface area contributed by atoms with E-state index in [-0.39, 0.29) is 11.9 Å². The highest BCUT2D eigenvalue weighted by Crippen LogP contribution is 1.98. The van der Waals surface area contributed by atoms with Crippen LogP contribution in [0.15, 0.2) is 0 Å². The summed E-state index contributed by atoms with van der Waals surface area (Å²) >= 11 is 0. The number of hydrogen-bond donors (Lipinski definition) is 1. The molecule has 0 aliphatic heterocycles. The first-order valence-electron chi connectivity index (χ1n) is 6.51. The molecule has 1 unspecified atom stereocenters. The molecule has 0 aromatic carbocycles. The molecule has 4 heteroatoms. The third kappa shape index (κ3) is 7.34. The van der Waals surface area contributed by atoms with Crippen molar-refractivity contribution in [1.29, 1.82) is 0 Å². The van der Waals surface area contributed by atoms with E-state index in [0.29, 0.717) is 6.04 Å². The summed E-state index contributed by atoms with van der Waals surface area (Å²) in [5.41, 5.74) is 0. The van der Waals surface area contributed by atoms with Crippen molar-refractivity contribution >= 4 is 5.91 Å². The van der Waals surface area contributed by atoms with Crippen molar-refractivity contribution in [3.63, 3.8) is 0 Å². The Bertz CT molecular complexity index is 217. The Morgan fingerprint density at radius 1 is 1.12 bits per heavy atom. The Balaban J connectivity index is 3.55. The number of nitrogens with zero attached hydrogens (tertiary/aromatic N) is 2. The Morgan fingerprint density at radius 3 is 2.18 bits per heavy atom. The summed E-state index contributed by atoms with van der Waals surface area (Å²) in [6, 6.07) is 0.532. The second-order valence-corrected chi connectivity index (χ2v) is 5.19. The fourth-order valence-electron chi connectivity index (χ4n) is 1.54. The Hall–Kier alpha value is -0.610. The second-order valence-electron chi connectivity index (χ2n) is 5.19. The molecular formula is C13H29N3O. The normalized spacial score (nSPS) is 13.2. The van der Waals surface area contributed by atoms with E-state index in [0.717, 1.165) is 19.5 Å². The standard InChI is InChI=1S/C13H29N3O/c1-11(2)16(6)10-8-7-9-14-12(3)13(17)15(4)5/h11-12,14H,7-10H2,1-6H3. The molecular weight excluding hydrogens is 214 g/mol. The molecule has 0 saturated carbocycles. The van der Waals surface area contributed by atoms with Crippen molar-refractivity contribution in [2.45, 2.75) is 45.7 Å². The minimum absolute atomic E-state index is 0.0761. The number of rotatable bonds is 8. The van der Waals surface area contributed by atoms with E-state index in [2.05, 4.69) is 31.1 Å². The van der Waals surface area contributed by atoms with Crippen molar-refractivity contribution in [3.05, 3.63) is 0 Å². The van der Waals surface area contributed by atoms with E-state index in [1.165, 1.54) is 6.42 Å².